The van der Waals surface area contributed by atoms with Gasteiger partial charge in [0.25, 0.3) is 0 Å². The van der Waals surface area contributed by atoms with Crippen LogP contribution < -0.4 is 5.32 Å². The Labute approximate surface area is 146 Å². The summed E-state index contributed by atoms with van der Waals surface area (Å²) in [5.74, 6) is -1.06. The number of hydrogen-bond donors (Lipinski definition) is 2. The van der Waals surface area contributed by atoms with Crippen LogP contribution in [0.15, 0.2) is 0 Å². The topological polar surface area (TPSA) is 83.0 Å². The van der Waals surface area contributed by atoms with Crippen molar-refractivity contribution in [1.82, 2.24) is 25.0 Å². The van der Waals surface area contributed by atoms with Crippen molar-refractivity contribution in [3.05, 3.63) is 10.6 Å². The minimum Gasteiger partial charge on any atom is -0.355 e. The second-order valence-corrected chi connectivity index (χ2v) is 6.76. The zero-order valence-corrected chi connectivity index (χ0v) is 14.1. The van der Waals surface area contributed by atoms with E-state index in [2.05, 4.69) is 15.5 Å². The van der Waals surface area contributed by atoms with Crippen LogP contribution in [-0.4, -0.2) is 57.3 Å². The minimum absolute atomic E-state index is 0.192. The van der Waals surface area contributed by atoms with E-state index in [1.807, 2.05) is 4.57 Å². The van der Waals surface area contributed by atoms with E-state index in [0.717, 1.165) is 18.7 Å². The maximum atomic E-state index is 12.4. The smallest absolute Gasteiger partial charge is 0.355 e. The first-order valence-corrected chi connectivity index (χ1v) is 8.43. The fourth-order valence-corrected chi connectivity index (χ4v) is 3.28. The summed E-state index contributed by atoms with van der Waals surface area (Å²) in [5, 5.41) is 9.55. The van der Waals surface area contributed by atoms with E-state index in [4.69, 9.17) is 12.2 Å². The molecule has 7 nitrogen and oxygen atoms in total. The molecule has 0 aromatic carbocycles. The van der Waals surface area contributed by atoms with Crippen LogP contribution in [0.1, 0.15) is 31.1 Å². The Balaban J connectivity index is 1.49. The molecule has 0 radical (unpaired) electrons. The summed E-state index contributed by atoms with van der Waals surface area (Å²) in [6.07, 6.45) is -2.09. The van der Waals surface area contributed by atoms with Crippen LogP contribution in [-0.2, 0) is 16.0 Å². The number of alkyl halides is 3. The number of likely N-dealkylation sites (tertiary alicyclic amines) is 1. The number of halogens is 3. The highest BCUT2D eigenvalue weighted by molar-refractivity contribution is 7.71. The maximum Gasteiger partial charge on any atom is 0.406 e. The molecule has 1 aliphatic carbocycles. The van der Waals surface area contributed by atoms with Crippen LogP contribution in [0.25, 0.3) is 0 Å². The molecule has 1 saturated heterocycles. The van der Waals surface area contributed by atoms with Gasteiger partial charge in [0.15, 0.2) is 4.77 Å². The van der Waals surface area contributed by atoms with E-state index < -0.39 is 30.5 Å². The Morgan fingerprint density at radius 1 is 1.40 bits per heavy atom. The molecule has 2 heterocycles. The summed E-state index contributed by atoms with van der Waals surface area (Å²) in [6.45, 7) is -1.23. The number of amides is 2. The summed E-state index contributed by atoms with van der Waals surface area (Å²) in [6, 6.07) is 0.361. The number of rotatable bonds is 6. The lowest BCUT2D eigenvalue weighted by molar-refractivity contribution is -0.157. The zero-order chi connectivity index (χ0) is 18.2. The van der Waals surface area contributed by atoms with Gasteiger partial charge in [0.2, 0.25) is 11.8 Å². The zero-order valence-electron chi connectivity index (χ0n) is 13.3. The Morgan fingerprint density at radius 3 is 2.76 bits per heavy atom. The quantitative estimate of drug-likeness (QED) is 0.733. The number of hydrogen-bond acceptors (Lipinski definition) is 4. The highest BCUT2D eigenvalue weighted by atomic mass is 32.1. The predicted molar refractivity (Wildman–Crippen MR) is 83.1 cm³/mol. The van der Waals surface area contributed by atoms with E-state index in [0.29, 0.717) is 22.1 Å². The van der Waals surface area contributed by atoms with E-state index in [1.54, 1.807) is 0 Å². The molecular formula is C14H18F3N5O2S. The van der Waals surface area contributed by atoms with Crippen molar-refractivity contribution in [3.8, 4) is 0 Å². The molecule has 2 fully saturated rings. The van der Waals surface area contributed by atoms with Crippen LogP contribution in [0, 0.1) is 10.7 Å². The average Bonchev–Trinajstić information content (AvgIpc) is 3.19. The molecule has 1 aromatic heterocycles. The summed E-state index contributed by atoms with van der Waals surface area (Å²) >= 11 is 5.17. The molecule has 1 unspecified atom stereocenters. The Kier molecular flexibility index (Phi) is 4.85. The lowest BCUT2D eigenvalue weighted by Crippen LogP contribution is -2.37. The maximum absolute atomic E-state index is 12.4. The average molecular weight is 377 g/mol. The molecule has 138 valence electrons. The molecule has 25 heavy (non-hydrogen) atoms. The van der Waals surface area contributed by atoms with Crippen LogP contribution in [0.3, 0.4) is 0 Å². The number of carbonyl (C=O) groups excluding carboxylic acids is 2. The number of nitrogens with one attached hydrogen (secondary N) is 2. The van der Waals surface area contributed by atoms with E-state index in [-0.39, 0.29) is 19.5 Å². The van der Waals surface area contributed by atoms with Crippen LogP contribution in [0.5, 0.6) is 0 Å². The Hall–Kier alpha value is -1.91. The van der Waals surface area contributed by atoms with Crippen LogP contribution in [0.2, 0.25) is 0 Å². The van der Waals surface area contributed by atoms with Crippen molar-refractivity contribution in [2.45, 2.75) is 37.9 Å². The standard InChI is InChI=1S/C14H18F3N5O2S/c15-14(16,17)7-21-6-8(5-11(21)23)12(24)18-4-3-10-19-20-13(25)22(10)9-1-2-9/h8-9H,1-7H2,(H,18,24)(H,20,25). The fraction of sp³-hybridized carbons (Fsp3) is 0.714. The lowest BCUT2D eigenvalue weighted by Gasteiger charge is -2.18. The van der Waals surface area contributed by atoms with Gasteiger partial charge < -0.3 is 14.8 Å². The van der Waals surface area contributed by atoms with Crippen molar-refractivity contribution in [3.63, 3.8) is 0 Å². The highest BCUT2D eigenvalue weighted by Crippen LogP contribution is 2.35. The van der Waals surface area contributed by atoms with Gasteiger partial charge in [-0.1, -0.05) is 0 Å². The van der Waals surface area contributed by atoms with Crippen molar-refractivity contribution in [1.29, 1.82) is 0 Å². The molecule has 2 amide bonds. The SMILES string of the molecule is O=C(NCCc1n[nH]c(=S)n1C1CC1)C1CC(=O)N(CC(F)(F)F)C1. The van der Waals surface area contributed by atoms with Gasteiger partial charge in [-0.05, 0) is 25.1 Å². The molecule has 0 bridgehead atoms. The molecule has 1 atom stereocenters. The number of H-pyrrole nitrogens is 1. The third-order valence-corrected chi connectivity index (χ3v) is 4.58. The van der Waals surface area contributed by atoms with Gasteiger partial charge in [-0.25, -0.2) is 0 Å². The first-order valence-electron chi connectivity index (χ1n) is 8.02. The summed E-state index contributed by atoms with van der Waals surface area (Å²) < 4.78 is 39.7. The highest BCUT2D eigenvalue weighted by Gasteiger charge is 2.40. The molecule has 2 N–H and O–H groups in total. The van der Waals surface area contributed by atoms with Crippen molar-refractivity contribution in [2.75, 3.05) is 19.6 Å². The summed E-state index contributed by atoms with van der Waals surface area (Å²) in [7, 11) is 0. The van der Waals surface area contributed by atoms with E-state index in [1.165, 1.54) is 0 Å². The van der Waals surface area contributed by atoms with Gasteiger partial charge in [-0.3, -0.25) is 14.7 Å². The molecule has 1 aromatic rings. The molecule has 3 rings (SSSR count). The van der Waals surface area contributed by atoms with Gasteiger partial charge in [-0.15, -0.1) is 0 Å². The Bertz CT molecular complexity index is 725. The molecule has 1 aliphatic heterocycles. The Morgan fingerprint density at radius 2 is 2.12 bits per heavy atom. The second-order valence-electron chi connectivity index (χ2n) is 6.38. The third kappa shape index (κ3) is 4.39. The minimum atomic E-state index is -4.46. The first-order chi connectivity index (χ1) is 11.7. The molecule has 11 heteroatoms. The van der Waals surface area contributed by atoms with E-state index in [9.17, 15) is 22.8 Å². The molecule has 0 spiro atoms. The first kappa shape index (κ1) is 17.9. The number of carbonyl (C=O) groups is 2. The largest absolute Gasteiger partial charge is 0.406 e. The monoisotopic (exact) mass is 377 g/mol. The number of aromatic nitrogens is 3. The normalized spacial score (nSPS) is 21.0. The van der Waals surface area contributed by atoms with E-state index >= 15 is 0 Å². The van der Waals surface area contributed by atoms with Crippen molar-refractivity contribution >= 4 is 24.0 Å². The number of aromatic amines is 1. The predicted octanol–water partition coefficient (Wildman–Crippen LogP) is 1.35. The third-order valence-electron chi connectivity index (χ3n) is 4.29. The molecule has 1 saturated carbocycles. The fourth-order valence-electron chi connectivity index (χ4n) is 2.98. The molecular weight excluding hydrogens is 359 g/mol. The van der Waals surface area contributed by atoms with Gasteiger partial charge >= 0.3 is 6.18 Å². The second kappa shape index (κ2) is 6.77. The molecule has 2 aliphatic rings. The van der Waals surface area contributed by atoms with Crippen LogP contribution in [0.4, 0.5) is 13.2 Å². The van der Waals surface area contributed by atoms with Gasteiger partial charge in [0, 0.05) is 32.0 Å². The summed E-state index contributed by atoms with van der Waals surface area (Å²) in [5.41, 5.74) is 0. The van der Waals surface area contributed by atoms with Gasteiger partial charge in [0.1, 0.15) is 12.4 Å². The van der Waals surface area contributed by atoms with Crippen molar-refractivity contribution in [2.24, 2.45) is 5.92 Å². The summed E-state index contributed by atoms with van der Waals surface area (Å²) in [4.78, 5) is 24.4. The van der Waals surface area contributed by atoms with Crippen LogP contribution >= 0.6 is 12.2 Å². The van der Waals surface area contributed by atoms with Gasteiger partial charge in [0.05, 0.1) is 5.92 Å². The van der Waals surface area contributed by atoms with Crippen molar-refractivity contribution < 1.29 is 22.8 Å². The van der Waals surface area contributed by atoms with Gasteiger partial charge in [-0.2, -0.15) is 18.3 Å². The number of nitrogens with zero attached hydrogens (tertiary/aromatic N) is 3. The lowest BCUT2D eigenvalue weighted by atomic mass is 10.1.